The van der Waals surface area contributed by atoms with Crippen molar-refractivity contribution < 1.29 is 15.0 Å². The number of nitrogens with zero attached hydrogens (tertiary/aromatic N) is 1. The number of aliphatic hydroxyl groups is 1. The Bertz CT molecular complexity index is 446. The molecule has 0 spiro atoms. The van der Waals surface area contributed by atoms with Crippen LogP contribution in [0.25, 0.3) is 0 Å². The van der Waals surface area contributed by atoms with E-state index in [-0.39, 0.29) is 18.7 Å². The molecule has 0 amide bonds. The minimum Gasteiger partial charge on any atom is -0.478 e. The van der Waals surface area contributed by atoms with E-state index in [4.69, 9.17) is 10.2 Å². The molecule has 0 aliphatic rings. The van der Waals surface area contributed by atoms with Crippen LogP contribution in [0.4, 0.5) is 5.82 Å². The number of rotatable bonds is 3. The first-order valence-corrected chi connectivity index (χ1v) is 4.66. The second kappa shape index (κ2) is 5.73. The second-order valence-corrected chi connectivity index (χ2v) is 3.02. The lowest BCUT2D eigenvalue weighted by molar-refractivity contribution is 0.0697. The smallest absolute Gasteiger partial charge is 0.339 e. The SMILES string of the molecule is Cc1ccc(C(=O)O)c(NCC#CCO)n1. The minimum atomic E-state index is -1.04. The van der Waals surface area contributed by atoms with Gasteiger partial charge in [0.05, 0.1) is 6.54 Å². The van der Waals surface area contributed by atoms with E-state index in [0.29, 0.717) is 5.82 Å². The zero-order valence-electron chi connectivity index (χ0n) is 8.82. The van der Waals surface area contributed by atoms with Gasteiger partial charge in [0.1, 0.15) is 18.0 Å². The van der Waals surface area contributed by atoms with Crippen LogP contribution in [-0.2, 0) is 0 Å². The predicted molar refractivity (Wildman–Crippen MR) is 59.3 cm³/mol. The number of nitrogens with one attached hydrogen (secondary N) is 1. The van der Waals surface area contributed by atoms with Crippen LogP contribution in [0.5, 0.6) is 0 Å². The molecule has 1 rings (SSSR count). The maximum absolute atomic E-state index is 10.9. The Balaban J connectivity index is 2.84. The Hall–Kier alpha value is -2.06. The monoisotopic (exact) mass is 220 g/mol. The Labute approximate surface area is 93.1 Å². The number of carboxylic acids is 1. The van der Waals surface area contributed by atoms with Crippen molar-refractivity contribution in [2.24, 2.45) is 0 Å². The summed E-state index contributed by atoms with van der Waals surface area (Å²) in [4.78, 5) is 14.9. The van der Waals surface area contributed by atoms with Crippen LogP contribution in [0.1, 0.15) is 16.1 Å². The van der Waals surface area contributed by atoms with E-state index in [9.17, 15) is 4.79 Å². The van der Waals surface area contributed by atoms with Gasteiger partial charge in [-0.25, -0.2) is 9.78 Å². The summed E-state index contributed by atoms with van der Waals surface area (Å²) in [5.74, 6) is 4.33. The van der Waals surface area contributed by atoms with E-state index in [0.717, 1.165) is 5.69 Å². The minimum absolute atomic E-state index is 0.108. The summed E-state index contributed by atoms with van der Waals surface area (Å²) in [7, 11) is 0. The molecule has 5 nitrogen and oxygen atoms in total. The van der Waals surface area contributed by atoms with Gasteiger partial charge >= 0.3 is 5.97 Å². The molecule has 0 bridgehead atoms. The molecule has 3 N–H and O–H groups in total. The molecule has 1 aromatic heterocycles. The highest BCUT2D eigenvalue weighted by atomic mass is 16.4. The van der Waals surface area contributed by atoms with Crippen molar-refractivity contribution in [1.82, 2.24) is 4.98 Å². The third kappa shape index (κ3) is 3.26. The summed E-state index contributed by atoms with van der Waals surface area (Å²) < 4.78 is 0. The largest absolute Gasteiger partial charge is 0.478 e. The number of anilines is 1. The zero-order valence-corrected chi connectivity index (χ0v) is 8.82. The predicted octanol–water partition coefficient (Wildman–Crippen LogP) is 0.496. The summed E-state index contributed by atoms with van der Waals surface area (Å²) in [5, 5.41) is 20.1. The van der Waals surface area contributed by atoms with Gasteiger partial charge in [0.15, 0.2) is 0 Å². The van der Waals surface area contributed by atoms with Crippen LogP contribution in [0.15, 0.2) is 12.1 Å². The number of aromatic carboxylic acids is 1. The van der Waals surface area contributed by atoms with Crippen LogP contribution in [0, 0.1) is 18.8 Å². The van der Waals surface area contributed by atoms with E-state index in [1.165, 1.54) is 6.07 Å². The van der Waals surface area contributed by atoms with Crippen molar-refractivity contribution in [1.29, 1.82) is 0 Å². The van der Waals surface area contributed by atoms with E-state index in [1.54, 1.807) is 13.0 Å². The molecule has 0 atom stereocenters. The summed E-state index contributed by atoms with van der Waals surface area (Å²) in [6, 6.07) is 3.13. The molecular weight excluding hydrogens is 208 g/mol. The van der Waals surface area contributed by atoms with E-state index < -0.39 is 5.97 Å². The number of hydrogen-bond acceptors (Lipinski definition) is 4. The number of carbonyl (C=O) groups is 1. The fourth-order valence-corrected chi connectivity index (χ4v) is 1.11. The van der Waals surface area contributed by atoms with Gasteiger partial charge in [0, 0.05) is 5.69 Å². The van der Waals surface area contributed by atoms with Gasteiger partial charge in [0.25, 0.3) is 0 Å². The Morgan fingerprint density at radius 1 is 1.50 bits per heavy atom. The molecule has 1 heterocycles. The van der Waals surface area contributed by atoms with Gasteiger partial charge < -0.3 is 15.5 Å². The van der Waals surface area contributed by atoms with Gasteiger partial charge in [-0.1, -0.05) is 11.8 Å². The standard InChI is InChI=1S/C11H12N2O3/c1-8-4-5-9(11(15)16)10(13-8)12-6-2-3-7-14/h4-5,14H,6-7H2,1H3,(H,12,13)(H,15,16). The lowest BCUT2D eigenvalue weighted by Gasteiger charge is -2.06. The number of aliphatic hydroxyl groups excluding tert-OH is 1. The molecule has 16 heavy (non-hydrogen) atoms. The molecule has 84 valence electrons. The van der Waals surface area contributed by atoms with Crippen molar-refractivity contribution in [2.75, 3.05) is 18.5 Å². The van der Waals surface area contributed by atoms with Crippen LogP contribution in [0.2, 0.25) is 0 Å². The first-order chi connectivity index (χ1) is 7.65. The average molecular weight is 220 g/mol. The Morgan fingerprint density at radius 2 is 2.25 bits per heavy atom. The summed E-state index contributed by atoms with van der Waals surface area (Å²) in [6.45, 7) is 1.81. The van der Waals surface area contributed by atoms with Crippen LogP contribution < -0.4 is 5.32 Å². The van der Waals surface area contributed by atoms with Crippen LogP contribution in [-0.4, -0.2) is 34.3 Å². The molecule has 0 saturated heterocycles. The molecule has 1 aromatic rings. The number of aromatic nitrogens is 1. The van der Waals surface area contributed by atoms with Crippen LogP contribution in [0.3, 0.4) is 0 Å². The highest BCUT2D eigenvalue weighted by Gasteiger charge is 2.10. The Kier molecular flexibility index (Phi) is 4.30. The maximum Gasteiger partial charge on any atom is 0.339 e. The molecule has 0 fully saturated rings. The molecule has 0 aliphatic carbocycles. The van der Waals surface area contributed by atoms with Crippen molar-refractivity contribution >= 4 is 11.8 Å². The number of carboxylic acid groups (broad SMARTS) is 1. The molecule has 0 saturated carbocycles. The van der Waals surface area contributed by atoms with Gasteiger partial charge in [-0.2, -0.15) is 0 Å². The fraction of sp³-hybridized carbons (Fsp3) is 0.273. The van der Waals surface area contributed by atoms with E-state index in [1.807, 2.05) is 0 Å². The third-order valence-electron chi connectivity index (χ3n) is 1.81. The first-order valence-electron chi connectivity index (χ1n) is 4.66. The average Bonchev–Trinajstić information content (AvgIpc) is 2.24. The Morgan fingerprint density at radius 3 is 2.88 bits per heavy atom. The van der Waals surface area contributed by atoms with E-state index in [2.05, 4.69) is 22.1 Å². The van der Waals surface area contributed by atoms with E-state index >= 15 is 0 Å². The zero-order chi connectivity index (χ0) is 12.0. The molecule has 0 unspecified atom stereocenters. The molecule has 0 aromatic carbocycles. The molecule has 5 heteroatoms. The lowest BCUT2D eigenvalue weighted by Crippen LogP contribution is -2.09. The highest BCUT2D eigenvalue weighted by Crippen LogP contribution is 2.12. The topological polar surface area (TPSA) is 82.5 Å². The normalized spacial score (nSPS) is 9.12. The maximum atomic E-state index is 10.9. The molecule has 0 radical (unpaired) electrons. The van der Waals surface area contributed by atoms with Crippen molar-refractivity contribution in [3.63, 3.8) is 0 Å². The van der Waals surface area contributed by atoms with Crippen molar-refractivity contribution in [2.45, 2.75) is 6.92 Å². The number of aryl methyl sites for hydroxylation is 1. The lowest BCUT2D eigenvalue weighted by atomic mass is 10.2. The molecular formula is C11H12N2O3. The van der Waals surface area contributed by atoms with Gasteiger partial charge in [-0.15, -0.1) is 0 Å². The van der Waals surface area contributed by atoms with Crippen molar-refractivity contribution in [3.8, 4) is 11.8 Å². The second-order valence-electron chi connectivity index (χ2n) is 3.02. The fourth-order valence-electron chi connectivity index (χ4n) is 1.11. The summed E-state index contributed by atoms with van der Waals surface area (Å²) in [5.41, 5.74) is 0.832. The first kappa shape index (κ1) is 12.0. The van der Waals surface area contributed by atoms with Gasteiger partial charge in [0.2, 0.25) is 0 Å². The molecule has 0 aliphatic heterocycles. The van der Waals surface area contributed by atoms with Crippen LogP contribution >= 0.6 is 0 Å². The van der Waals surface area contributed by atoms with Crippen molar-refractivity contribution in [3.05, 3.63) is 23.4 Å². The number of pyridine rings is 1. The highest BCUT2D eigenvalue weighted by molar-refractivity contribution is 5.93. The third-order valence-corrected chi connectivity index (χ3v) is 1.81. The number of hydrogen-bond donors (Lipinski definition) is 3. The van der Waals surface area contributed by atoms with Gasteiger partial charge in [-0.3, -0.25) is 0 Å². The summed E-state index contributed by atoms with van der Waals surface area (Å²) >= 11 is 0. The summed E-state index contributed by atoms with van der Waals surface area (Å²) in [6.07, 6.45) is 0. The van der Waals surface area contributed by atoms with Gasteiger partial charge in [-0.05, 0) is 19.1 Å². The quantitative estimate of drug-likeness (QED) is 0.646.